The molecule has 180 valence electrons. The molecule has 1 aliphatic rings. The second-order valence-corrected chi connectivity index (χ2v) is 8.51. The molecule has 0 saturated carbocycles. The van der Waals surface area contributed by atoms with Crippen LogP contribution < -0.4 is 15.4 Å². The Morgan fingerprint density at radius 1 is 1.09 bits per heavy atom. The molecular formula is C25H35N3O5. The van der Waals surface area contributed by atoms with Gasteiger partial charge in [-0.1, -0.05) is 13.8 Å². The van der Waals surface area contributed by atoms with E-state index in [0.717, 1.165) is 24.6 Å². The third kappa shape index (κ3) is 6.82. The Balaban J connectivity index is 1.64. The van der Waals surface area contributed by atoms with Crippen LogP contribution in [0, 0.1) is 12.8 Å². The van der Waals surface area contributed by atoms with Crippen LogP contribution in [0.4, 0.5) is 0 Å². The van der Waals surface area contributed by atoms with Gasteiger partial charge < -0.3 is 24.5 Å². The van der Waals surface area contributed by atoms with Crippen molar-refractivity contribution in [2.75, 3.05) is 39.5 Å². The van der Waals surface area contributed by atoms with E-state index in [9.17, 15) is 9.59 Å². The van der Waals surface area contributed by atoms with Crippen molar-refractivity contribution in [1.82, 2.24) is 15.5 Å². The summed E-state index contributed by atoms with van der Waals surface area (Å²) in [6.07, 6.45) is 0. The lowest BCUT2D eigenvalue weighted by Crippen LogP contribution is -2.51. The van der Waals surface area contributed by atoms with Crippen LogP contribution in [-0.2, 0) is 9.53 Å². The molecule has 2 amide bonds. The molecule has 2 unspecified atom stereocenters. The number of rotatable bonds is 10. The van der Waals surface area contributed by atoms with Crippen molar-refractivity contribution in [2.45, 2.75) is 39.8 Å². The van der Waals surface area contributed by atoms with E-state index in [1.807, 2.05) is 39.8 Å². The molecule has 1 fully saturated rings. The number of hydrogen-bond donors (Lipinski definition) is 2. The van der Waals surface area contributed by atoms with Gasteiger partial charge in [0.05, 0.1) is 25.9 Å². The fraction of sp³-hybridized carbons (Fsp3) is 0.520. The van der Waals surface area contributed by atoms with E-state index in [0.29, 0.717) is 37.7 Å². The molecule has 1 aromatic heterocycles. The molecule has 8 heteroatoms. The lowest BCUT2D eigenvalue weighted by atomic mass is 10.0. The predicted molar refractivity (Wildman–Crippen MR) is 125 cm³/mol. The van der Waals surface area contributed by atoms with E-state index in [-0.39, 0.29) is 23.8 Å². The Hall–Kier alpha value is -2.84. The number of ether oxygens (including phenoxy) is 2. The number of nitrogens with one attached hydrogen (secondary N) is 2. The van der Waals surface area contributed by atoms with E-state index in [1.54, 1.807) is 24.3 Å². The lowest BCUT2D eigenvalue weighted by molar-refractivity contribution is -0.124. The number of amides is 2. The Morgan fingerprint density at radius 3 is 2.36 bits per heavy atom. The van der Waals surface area contributed by atoms with E-state index in [1.165, 1.54) is 0 Å². The molecule has 0 radical (unpaired) electrons. The van der Waals surface area contributed by atoms with Crippen LogP contribution >= 0.6 is 0 Å². The van der Waals surface area contributed by atoms with Gasteiger partial charge in [-0.05, 0) is 56.2 Å². The molecule has 33 heavy (non-hydrogen) atoms. The van der Waals surface area contributed by atoms with Gasteiger partial charge in [0.15, 0.2) is 0 Å². The number of hydrogen-bond acceptors (Lipinski definition) is 6. The summed E-state index contributed by atoms with van der Waals surface area (Å²) in [5.74, 6) is 1.76. The van der Waals surface area contributed by atoms with Crippen molar-refractivity contribution < 1.29 is 23.5 Å². The van der Waals surface area contributed by atoms with Crippen molar-refractivity contribution in [3.8, 4) is 5.75 Å². The summed E-state index contributed by atoms with van der Waals surface area (Å²) < 4.78 is 16.8. The third-order valence-electron chi connectivity index (χ3n) is 5.71. The summed E-state index contributed by atoms with van der Waals surface area (Å²) in [5, 5.41) is 5.92. The Morgan fingerprint density at radius 2 is 1.79 bits per heavy atom. The molecule has 3 rings (SSSR count). The molecule has 0 spiro atoms. The average Bonchev–Trinajstić information content (AvgIpc) is 3.24. The van der Waals surface area contributed by atoms with Crippen LogP contribution in [-0.4, -0.2) is 62.2 Å². The van der Waals surface area contributed by atoms with Crippen molar-refractivity contribution >= 4 is 11.8 Å². The molecule has 0 aliphatic carbocycles. The molecule has 8 nitrogen and oxygen atoms in total. The summed E-state index contributed by atoms with van der Waals surface area (Å²) in [7, 11) is 0. The molecule has 2 aromatic rings. The summed E-state index contributed by atoms with van der Waals surface area (Å²) in [5.41, 5.74) is 0.481. The van der Waals surface area contributed by atoms with Crippen LogP contribution in [0.2, 0.25) is 0 Å². The normalized spacial score (nSPS) is 16.3. The summed E-state index contributed by atoms with van der Waals surface area (Å²) >= 11 is 0. The van der Waals surface area contributed by atoms with E-state index in [4.69, 9.17) is 13.9 Å². The number of morpholine rings is 1. The van der Waals surface area contributed by atoms with Crippen LogP contribution in [0.3, 0.4) is 0 Å². The number of carbonyl (C=O) groups excluding carboxylic acids is 2. The van der Waals surface area contributed by atoms with E-state index >= 15 is 0 Å². The minimum Gasteiger partial charge on any atom is -0.494 e. The molecule has 2 heterocycles. The zero-order valence-corrected chi connectivity index (χ0v) is 19.9. The highest BCUT2D eigenvalue weighted by atomic mass is 16.5. The Kier molecular flexibility index (Phi) is 8.91. The second kappa shape index (κ2) is 11.9. The Labute approximate surface area is 195 Å². The van der Waals surface area contributed by atoms with Crippen molar-refractivity contribution in [1.29, 1.82) is 0 Å². The fourth-order valence-corrected chi connectivity index (χ4v) is 3.87. The summed E-state index contributed by atoms with van der Waals surface area (Å²) in [6, 6.07) is 10.0. The molecule has 1 aliphatic heterocycles. The van der Waals surface area contributed by atoms with Gasteiger partial charge in [-0.25, -0.2) is 0 Å². The maximum absolute atomic E-state index is 13.1. The standard InChI is InChI=1S/C25H35N3O5/c1-5-32-20-9-7-19(8-10-20)24(29)27-23(17(2)3)25(30)26-16-21(22-11-6-18(4)33-22)28-12-14-31-15-13-28/h6-11,17,21,23H,5,12-16H2,1-4H3,(H,26,30)(H,27,29). The highest BCUT2D eigenvalue weighted by molar-refractivity contribution is 5.97. The monoisotopic (exact) mass is 457 g/mol. The van der Waals surface area contributed by atoms with Crippen LogP contribution in [0.15, 0.2) is 40.8 Å². The first-order chi connectivity index (χ1) is 15.9. The van der Waals surface area contributed by atoms with E-state index < -0.39 is 6.04 Å². The van der Waals surface area contributed by atoms with Crippen LogP contribution in [0.25, 0.3) is 0 Å². The number of aryl methyl sites for hydroxylation is 1. The van der Waals surface area contributed by atoms with Crippen LogP contribution in [0.1, 0.15) is 48.7 Å². The van der Waals surface area contributed by atoms with E-state index in [2.05, 4.69) is 15.5 Å². The highest BCUT2D eigenvalue weighted by Crippen LogP contribution is 2.23. The molecule has 1 aromatic carbocycles. The Bertz CT molecular complexity index is 903. The van der Waals surface area contributed by atoms with Crippen LogP contribution in [0.5, 0.6) is 5.75 Å². The van der Waals surface area contributed by atoms with Gasteiger partial charge in [0, 0.05) is 25.2 Å². The number of nitrogens with zero attached hydrogens (tertiary/aromatic N) is 1. The van der Waals surface area contributed by atoms with Crippen molar-refractivity contribution in [3.63, 3.8) is 0 Å². The molecule has 0 bridgehead atoms. The van der Waals surface area contributed by atoms with Gasteiger partial charge in [-0.2, -0.15) is 0 Å². The maximum Gasteiger partial charge on any atom is 0.251 e. The quantitative estimate of drug-likeness (QED) is 0.570. The summed E-state index contributed by atoms with van der Waals surface area (Å²) in [4.78, 5) is 28.1. The molecule has 2 atom stereocenters. The van der Waals surface area contributed by atoms with Gasteiger partial charge >= 0.3 is 0 Å². The predicted octanol–water partition coefficient (Wildman–Crippen LogP) is 2.93. The average molecular weight is 458 g/mol. The maximum atomic E-state index is 13.1. The SMILES string of the molecule is CCOc1ccc(C(=O)NC(C(=O)NCC(c2ccc(C)o2)N2CCOCC2)C(C)C)cc1. The molecule has 2 N–H and O–H groups in total. The number of carbonyl (C=O) groups is 2. The first-order valence-corrected chi connectivity index (χ1v) is 11.6. The van der Waals surface area contributed by atoms with Gasteiger partial charge in [0.2, 0.25) is 5.91 Å². The van der Waals surface area contributed by atoms with Crippen molar-refractivity contribution in [2.24, 2.45) is 5.92 Å². The first-order valence-electron chi connectivity index (χ1n) is 11.6. The minimum atomic E-state index is -0.659. The first kappa shape index (κ1) is 24.8. The largest absolute Gasteiger partial charge is 0.494 e. The van der Waals surface area contributed by atoms with Gasteiger partial charge in [0.25, 0.3) is 5.91 Å². The second-order valence-electron chi connectivity index (χ2n) is 8.51. The smallest absolute Gasteiger partial charge is 0.251 e. The topological polar surface area (TPSA) is 93.0 Å². The zero-order chi connectivity index (χ0) is 23.8. The molecular weight excluding hydrogens is 422 g/mol. The fourth-order valence-electron chi connectivity index (χ4n) is 3.87. The number of furan rings is 1. The van der Waals surface area contributed by atoms with Gasteiger partial charge in [-0.3, -0.25) is 14.5 Å². The lowest BCUT2D eigenvalue weighted by Gasteiger charge is -2.34. The highest BCUT2D eigenvalue weighted by Gasteiger charge is 2.29. The minimum absolute atomic E-state index is 0.0793. The van der Waals surface area contributed by atoms with Gasteiger partial charge in [0.1, 0.15) is 23.3 Å². The van der Waals surface area contributed by atoms with Crippen molar-refractivity contribution in [3.05, 3.63) is 53.5 Å². The summed E-state index contributed by atoms with van der Waals surface area (Å²) in [6.45, 7) is 11.4. The van der Waals surface area contributed by atoms with Gasteiger partial charge in [-0.15, -0.1) is 0 Å². The molecule has 1 saturated heterocycles. The number of benzene rings is 1. The third-order valence-corrected chi connectivity index (χ3v) is 5.71. The zero-order valence-electron chi connectivity index (χ0n) is 19.9.